The van der Waals surface area contributed by atoms with Gasteiger partial charge in [-0.15, -0.1) is 0 Å². The van der Waals surface area contributed by atoms with Crippen LogP contribution in [0, 0.1) is 0 Å². The molecule has 2 aromatic carbocycles. The molecule has 2 heterocycles. The molecule has 8 heteroatoms. The standard InChI is InChI=1S/C23H26BrN5O2/c1-27-11-13-28(14-12-27)19-7-5-18(6-8-19)23(30)25-22-15-21(24)29(26-22)16-17-3-9-20(31-2)10-4-17/h3-10,15H,11-14,16H2,1-2H3,(H,25,26,30). The van der Waals surface area contributed by atoms with Gasteiger partial charge in [-0.2, -0.15) is 5.10 Å². The summed E-state index contributed by atoms with van der Waals surface area (Å²) in [5, 5.41) is 7.39. The number of hydrogen-bond donors (Lipinski definition) is 1. The van der Waals surface area contributed by atoms with Crippen molar-refractivity contribution in [2.75, 3.05) is 50.6 Å². The molecule has 0 unspecified atom stereocenters. The normalized spacial score (nSPS) is 14.5. The molecule has 0 radical (unpaired) electrons. The lowest BCUT2D eigenvalue weighted by Gasteiger charge is -2.34. The van der Waals surface area contributed by atoms with Crippen molar-refractivity contribution in [3.63, 3.8) is 0 Å². The number of carbonyl (C=O) groups excluding carboxylic acids is 1. The van der Waals surface area contributed by atoms with Crippen molar-refractivity contribution in [3.8, 4) is 5.75 Å². The van der Waals surface area contributed by atoms with Crippen LogP contribution >= 0.6 is 15.9 Å². The zero-order valence-electron chi connectivity index (χ0n) is 17.7. The maximum Gasteiger partial charge on any atom is 0.256 e. The average molecular weight is 484 g/mol. The van der Waals surface area contributed by atoms with Gasteiger partial charge in [0.25, 0.3) is 5.91 Å². The molecule has 1 fully saturated rings. The number of methoxy groups -OCH3 is 1. The zero-order valence-corrected chi connectivity index (χ0v) is 19.3. The first-order valence-electron chi connectivity index (χ1n) is 10.2. The number of benzene rings is 2. The van der Waals surface area contributed by atoms with E-state index in [1.807, 2.05) is 48.5 Å². The van der Waals surface area contributed by atoms with E-state index >= 15 is 0 Å². The Hall–Kier alpha value is -2.84. The van der Waals surface area contributed by atoms with E-state index in [1.165, 1.54) is 0 Å². The van der Waals surface area contributed by atoms with E-state index in [9.17, 15) is 4.79 Å². The minimum atomic E-state index is -0.175. The first kappa shape index (κ1) is 21.4. The molecule has 1 aliphatic rings. The highest BCUT2D eigenvalue weighted by Gasteiger charge is 2.15. The molecule has 0 aliphatic carbocycles. The Morgan fingerprint density at radius 1 is 1.06 bits per heavy atom. The fourth-order valence-corrected chi connectivity index (χ4v) is 3.97. The summed E-state index contributed by atoms with van der Waals surface area (Å²) in [4.78, 5) is 17.4. The summed E-state index contributed by atoms with van der Waals surface area (Å²) in [6.07, 6.45) is 0. The van der Waals surface area contributed by atoms with Crippen LogP contribution in [0.2, 0.25) is 0 Å². The van der Waals surface area contributed by atoms with E-state index in [4.69, 9.17) is 4.74 Å². The number of amides is 1. The number of anilines is 2. The topological polar surface area (TPSA) is 62.6 Å². The lowest BCUT2D eigenvalue weighted by atomic mass is 10.1. The van der Waals surface area contributed by atoms with Crippen molar-refractivity contribution in [1.82, 2.24) is 14.7 Å². The van der Waals surface area contributed by atoms with Gasteiger partial charge in [0.15, 0.2) is 5.82 Å². The van der Waals surface area contributed by atoms with Crippen LogP contribution < -0.4 is 15.0 Å². The largest absolute Gasteiger partial charge is 0.497 e. The van der Waals surface area contributed by atoms with E-state index in [1.54, 1.807) is 17.9 Å². The summed E-state index contributed by atoms with van der Waals surface area (Å²) >= 11 is 3.52. The van der Waals surface area contributed by atoms with Gasteiger partial charge >= 0.3 is 0 Å². The third-order valence-corrected chi connectivity index (χ3v) is 6.10. The predicted octanol–water partition coefficient (Wildman–Crippen LogP) is 3.71. The number of halogens is 1. The van der Waals surface area contributed by atoms with Crippen LogP contribution in [0.1, 0.15) is 15.9 Å². The van der Waals surface area contributed by atoms with Crippen molar-refractivity contribution in [3.05, 3.63) is 70.3 Å². The van der Waals surface area contributed by atoms with Gasteiger partial charge in [0.05, 0.1) is 13.7 Å². The van der Waals surface area contributed by atoms with Crippen molar-refractivity contribution < 1.29 is 9.53 Å². The maximum atomic E-state index is 12.7. The molecule has 0 saturated carbocycles. The van der Waals surface area contributed by atoms with Gasteiger partial charge in [0, 0.05) is 43.5 Å². The van der Waals surface area contributed by atoms with Gasteiger partial charge in [-0.25, -0.2) is 0 Å². The van der Waals surface area contributed by atoms with E-state index in [0.29, 0.717) is 17.9 Å². The van der Waals surface area contributed by atoms with Crippen molar-refractivity contribution in [1.29, 1.82) is 0 Å². The number of nitrogens with one attached hydrogen (secondary N) is 1. The molecular formula is C23H26BrN5O2. The Balaban J connectivity index is 1.38. The SMILES string of the molecule is COc1ccc(Cn2nc(NC(=O)c3ccc(N4CCN(C)CC4)cc3)cc2Br)cc1. The maximum absolute atomic E-state index is 12.7. The molecule has 1 aliphatic heterocycles. The van der Waals surface area contributed by atoms with E-state index in [2.05, 4.69) is 43.2 Å². The Labute approximate surface area is 190 Å². The minimum Gasteiger partial charge on any atom is -0.497 e. The first-order chi connectivity index (χ1) is 15.0. The van der Waals surface area contributed by atoms with Crippen LogP contribution in [0.15, 0.2) is 59.2 Å². The molecule has 31 heavy (non-hydrogen) atoms. The van der Waals surface area contributed by atoms with E-state index in [0.717, 1.165) is 47.8 Å². The summed E-state index contributed by atoms with van der Waals surface area (Å²) in [7, 11) is 3.79. The van der Waals surface area contributed by atoms with Crippen LogP contribution in [0.3, 0.4) is 0 Å². The molecule has 0 bridgehead atoms. The molecular weight excluding hydrogens is 458 g/mol. The van der Waals surface area contributed by atoms with Gasteiger partial charge in [-0.1, -0.05) is 12.1 Å². The number of aromatic nitrogens is 2. The number of carbonyl (C=O) groups is 1. The minimum absolute atomic E-state index is 0.175. The molecule has 162 valence electrons. The average Bonchev–Trinajstić information content (AvgIpc) is 3.13. The highest BCUT2D eigenvalue weighted by Crippen LogP contribution is 2.21. The zero-order chi connectivity index (χ0) is 21.8. The molecule has 4 rings (SSSR count). The fraction of sp³-hybridized carbons (Fsp3) is 0.304. The highest BCUT2D eigenvalue weighted by atomic mass is 79.9. The second kappa shape index (κ2) is 9.53. The molecule has 1 N–H and O–H groups in total. The van der Waals surface area contributed by atoms with Crippen LogP contribution in [0.25, 0.3) is 0 Å². The summed E-state index contributed by atoms with van der Waals surface area (Å²) in [6.45, 7) is 4.69. The number of nitrogens with zero attached hydrogens (tertiary/aromatic N) is 4. The van der Waals surface area contributed by atoms with Gasteiger partial charge < -0.3 is 19.9 Å². The third kappa shape index (κ3) is 5.26. The second-order valence-corrected chi connectivity index (χ2v) is 8.46. The molecule has 3 aromatic rings. The Morgan fingerprint density at radius 3 is 2.39 bits per heavy atom. The third-order valence-electron chi connectivity index (χ3n) is 5.46. The van der Waals surface area contributed by atoms with Crippen LogP contribution in [-0.4, -0.2) is 60.9 Å². The monoisotopic (exact) mass is 483 g/mol. The number of likely N-dealkylation sites (N-methyl/N-ethyl adjacent to an activating group) is 1. The summed E-state index contributed by atoms with van der Waals surface area (Å²) in [6, 6.07) is 17.4. The quantitative estimate of drug-likeness (QED) is 0.578. The number of hydrogen-bond acceptors (Lipinski definition) is 5. The first-order valence-corrected chi connectivity index (χ1v) is 11.0. The molecule has 0 atom stereocenters. The van der Waals surface area contributed by atoms with E-state index in [-0.39, 0.29) is 5.91 Å². The lowest BCUT2D eigenvalue weighted by Crippen LogP contribution is -2.44. The van der Waals surface area contributed by atoms with Crippen molar-refractivity contribution >= 4 is 33.3 Å². The summed E-state index contributed by atoms with van der Waals surface area (Å²) in [5.41, 5.74) is 2.84. The lowest BCUT2D eigenvalue weighted by molar-refractivity contribution is 0.102. The van der Waals surface area contributed by atoms with Crippen molar-refractivity contribution in [2.24, 2.45) is 0 Å². The number of ether oxygens (including phenoxy) is 1. The van der Waals surface area contributed by atoms with Gasteiger partial charge in [-0.05, 0) is 64.9 Å². The number of rotatable bonds is 6. The summed E-state index contributed by atoms with van der Waals surface area (Å²) < 4.78 is 7.79. The summed E-state index contributed by atoms with van der Waals surface area (Å²) in [5.74, 6) is 1.15. The Kier molecular flexibility index (Phi) is 6.58. The van der Waals surface area contributed by atoms with Crippen LogP contribution in [0.4, 0.5) is 11.5 Å². The Bertz CT molecular complexity index is 1030. The van der Waals surface area contributed by atoms with Gasteiger partial charge in [-0.3, -0.25) is 9.48 Å². The highest BCUT2D eigenvalue weighted by molar-refractivity contribution is 9.10. The second-order valence-electron chi connectivity index (χ2n) is 7.65. The van der Waals surface area contributed by atoms with Gasteiger partial charge in [0.1, 0.15) is 10.4 Å². The molecule has 0 spiro atoms. The van der Waals surface area contributed by atoms with Crippen LogP contribution in [-0.2, 0) is 6.54 Å². The Morgan fingerprint density at radius 2 is 1.74 bits per heavy atom. The van der Waals surface area contributed by atoms with E-state index < -0.39 is 0 Å². The molecule has 1 aromatic heterocycles. The van der Waals surface area contributed by atoms with Crippen molar-refractivity contribution in [2.45, 2.75) is 6.54 Å². The van der Waals surface area contributed by atoms with Crippen LogP contribution in [0.5, 0.6) is 5.75 Å². The smallest absolute Gasteiger partial charge is 0.256 e. The number of piperazine rings is 1. The molecule has 1 saturated heterocycles. The fourth-order valence-electron chi connectivity index (χ4n) is 3.55. The predicted molar refractivity (Wildman–Crippen MR) is 126 cm³/mol. The molecule has 1 amide bonds. The molecule has 7 nitrogen and oxygen atoms in total. The van der Waals surface area contributed by atoms with Gasteiger partial charge in [0.2, 0.25) is 0 Å².